The highest BCUT2D eigenvalue weighted by Gasteiger charge is 2.49. The summed E-state index contributed by atoms with van der Waals surface area (Å²) < 4.78 is 0. The highest BCUT2D eigenvalue weighted by Crippen LogP contribution is 2.38. The van der Waals surface area contributed by atoms with Gasteiger partial charge < -0.3 is 0 Å². The molecule has 0 atom stereocenters. The van der Waals surface area contributed by atoms with Crippen molar-refractivity contribution < 1.29 is 0 Å². The zero-order valence-electron chi connectivity index (χ0n) is 9.01. The van der Waals surface area contributed by atoms with Gasteiger partial charge in [-0.1, -0.05) is 12.2 Å². The molecule has 2 heteroatoms. The second kappa shape index (κ2) is 2.82. The molecular formula is C11H20N2. The maximum absolute atomic E-state index is 4.09. The third kappa shape index (κ3) is 1.32. The Morgan fingerprint density at radius 1 is 1.38 bits per heavy atom. The lowest BCUT2D eigenvalue weighted by atomic mass is 9.85. The van der Waals surface area contributed by atoms with Gasteiger partial charge in [-0.25, -0.2) is 0 Å². The van der Waals surface area contributed by atoms with Crippen LogP contribution >= 0.6 is 0 Å². The molecule has 2 rings (SSSR count). The smallest absolute Gasteiger partial charge is 0.0501 e. The molecule has 0 unspecified atom stereocenters. The normalized spacial score (nSPS) is 28.8. The monoisotopic (exact) mass is 180 g/mol. The van der Waals surface area contributed by atoms with Crippen LogP contribution in [0.25, 0.3) is 0 Å². The molecule has 0 aromatic rings. The second-order valence-corrected chi connectivity index (χ2v) is 5.01. The minimum atomic E-state index is 0.460. The van der Waals surface area contributed by atoms with E-state index in [4.69, 9.17) is 0 Å². The molecular weight excluding hydrogens is 160 g/mol. The standard InChI is InChI=1S/C11H20N2/c1-9(2)13-7-11(8-13)5-10(3)6-12(11)4/h9H,3,5-8H2,1-2,4H3. The minimum absolute atomic E-state index is 0.460. The first-order chi connectivity index (χ1) is 6.03. The first-order valence-corrected chi connectivity index (χ1v) is 5.15. The van der Waals surface area contributed by atoms with Crippen molar-refractivity contribution in [2.24, 2.45) is 0 Å². The van der Waals surface area contributed by atoms with Crippen molar-refractivity contribution in [2.45, 2.75) is 31.8 Å². The third-order valence-corrected chi connectivity index (χ3v) is 3.57. The first kappa shape index (κ1) is 9.22. The van der Waals surface area contributed by atoms with Crippen LogP contribution in [-0.2, 0) is 0 Å². The molecule has 2 heterocycles. The number of hydrogen-bond donors (Lipinski definition) is 0. The highest BCUT2D eigenvalue weighted by atomic mass is 15.4. The van der Waals surface area contributed by atoms with E-state index < -0.39 is 0 Å². The van der Waals surface area contributed by atoms with Gasteiger partial charge in [-0.05, 0) is 27.3 Å². The van der Waals surface area contributed by atoms with Gasteiger partial charge in [0.2, 0.25) is 0 Å². The van der Waals surface area contributed by atoms with E-state index in [9.17, 15) is 0 Å². The first-order valence-electron chi connectivity index (χ1n) is 5.15. The second-order valence-electron chi connectivity index (χ2n) is 5.01. The summed E-state index contributed by atoms with van der Waals surface area (Å²) in [7, 11) is 2.23. The molecule has 0 aromatic carbocycles. The molecule has 0 aromatic heterocycles. The van der Waals surface area contributed by atoms with Crippen molar-refractivity contribution in [2.75, 3.05) is 26.7 Å². The molecule has 1 spiro atoms. The van der Waals surface area contributed by atoms with Crippen LogP contribution in [0.5, 0.6) is 0 Å². The zero-order valence-corrected chi connectivity index (χ0v) is 9.01. The molecule has 0 bridgehead atoms. The molecule has 2 aliphatic heterocycles. The van der Waals surface area contributed by atoms with E-state index in [0.717, 1.165) is 6.54 Å². The van der Waals surface area contributed by atoms with Crippen LogP contribution in [0.3, 0.4) is 0 Å². The predicted octanol–water partition coefficient (Wildman–Crippen LogP) is 1.34. The topological polar surface area (TPSA) is 6.48 Å². The number of nitrogens with zero attached hydrogens (tertiary/aromatic N) is 2. The fourth-order valence-electron chi connectivity index (χ4n) is 2.59. The minimum Gasteiger partial charge on any atom is -0.297 e. The van der Waals surface area contributed by atoms with E-state index in [1.807, 2.05) is 0 Å². The number of likely N-dealkylation sites (tertiary alicyclic amines) is 2. The average molecular weight is 180 g/mol. The van der Waals surface area contributed by atoms with Crippen LogP contribution in [0, 0.1) is 0 Å². The van der Waals surface area contributed by atoms with Crippen molar-refractivity contribution in [3.05, 3.63) is 12.2 Å². The molecule has 2 saturated heterocycles. The fraction of sp³-hybridized carbons (Fsp3) is 0.818. The number of hydrogen-bond acceptors (Lipinski definition) is 2. The van der Waals surface area contributed by atoms with Crippen molar-refractivity contribution >= 4 is 0 Å². The molecule has 0 radical (unpaired) electrons. The van der Waals surface area contributed by atoms with Crippen molar-refractivity contribution in [3.63, 3.8) is 0 Å². The summed E-state index contributed by atoms with van der Waals surface area (Å²) in [5.74, 6) is 0. The Bertz CT molecular complexity index is 226. The number of likely N-dealkylation sites (N-methyl/N-ethyl adjacent to an activating group) is 1. The molecule has 2 aliphatic rings. The number of rotatable bonds is 1. The van der Waals surface area contributed by atoms with Gasteiger partial charge >= 0.3 is 0 Å². The Morgan fingerprint density at radius 2 is 2.00 bits per heavy atom. The van der Waals surface area contributed by atoms with E-state index in [0.29, 0.717) is 11.6 Å². The molecule has 13 heavy (non-hydrogen) atoms. The molecule has 0 N–H and O–H groups in total. The third-order valence-electron chi connectivity index (χ3n) is 3.57. The molecule has 0 saturated carbocycles. The lowest BCUT2D eigenvalue weighted by molar-refractivity contribution is -0.0342. The summed E-state index contributed by atoms with van der Waals surface area (Å²) in [4.78, 5) is 5.02. The van der Waals surface area contributed by atoms with Gasteiger partial charge in [-0.15, -0.1) is 0 Å². The van der Waals surface area contributed by atoms with E-state index in [1.165, 1.54) is 25.1 Å². The van der Waals surface area contributed by atoms with Crippen LogP contribution in [0.4, 0.5) is 0 Å². The lowest BCUT2D eigenvalue weighted by Gasteiger charge is -2.53. The quantitative estimate of drug-likeness (QED) is 0.562. The van der Waals surface area contributed by atoms with Crippen LogP contribution < -0.4 is 0 Å². The van der Waals surface area contributed by atoms with E-state index in [-0.39, 0.29) is 0 Å². The predicted molar refractivity (Wildman–Crippen MR) is 55.8 cm³/mol. The highest BCUT2D eigenvalue weighted by molar-refractivity contribution is 5.20. The summed E-state index contributed by atoms with van der Waals surface area (Å²) in [5, 5.41) is 0. The fourth-order valence-corrected chi connectivity index (χ4v) is 2.59. The summed E-state index contributed by atoms with van der Waals surface area (Å²) in [6.07, 6.45) is 1.21. The van der Waals surface area contributed by atoms with Crippen molar-refractivity contribution in [1.29, 1.82) is 0 Å². The van der Waals surface area contributed by atoms with Crippen LogP contribution in [0.15, 0.2) is 12.2 Å². The summed E-state index contributed by atoms with van der Waals surface area (Å²) >= 11 is 0. The molecule has 0 aliphatic carbocycles. The Hall–Kier alpha value is -0.340. The summed E-state index contributed by atoms with van der Waals surface area (Å²) in [5.41, 5.74) is 1.87. The van der Waals surface area contributed by atoms with Gasteiger partial charge in [0.1, 0.15) is 0 Å². The molecule has 0 amide bonds. The van der Waals surface area contributed by atoms with E-state index in [1.54, 1.807) is 0 Å². The van der Waals surface area contributed by atoms with Gasteiger partial charge in [-0.2, -0.15) is 0 Å². The van der Waals surface area contributed by atoms with E-state index in [2.05, 4.69) is 37.3 Å². The summed E-state index contributed by atoms with van der Waals surface area (Å²) in [6, 6.07) is 0.702. The van der Waals surface area contributed by atoms with Gasteiger partial charge in [0.25, 0.3) is 0 Å². The zero-order chi connectivity index (χ0) is 9.64. The maximum Gasteiger partial charge on any atom is 0.0501 e. The van der Waals surface area contributed by atoms with E-state index >= 15 is 0 Å². The Balaban J connectivity index is 1.99. The summed E-state index contributed by atoms with van der Waals surface area (Å²) in [6.45, 7) is 12.2. The van der Waals surface area contributed by atoms with Gasteiger partial charge in [0.15, 0.2) is 0 Å². The van der Waals surface area contributed by atoms with Crippen LogP contribution in [0.2, 0.25) is 0 Å². The average Bonchev–Trinajstić information content (AvgIpc) is 2.21. The van der Waals surface area contributed by atoms with Crippen molar-refractivity contribution in [3.8, 4) is 0 Å². The van der Waals surface area contributed by atoms with Gasteiger partial charge in [0, 0.05) is 25.7 Å². The molecule has 2 nitrogen and oxygen atoms in total. The largest absolute Gasteiger partial charge is 0.297 e. The Labute approximate surface area is 81.2 Å². The van der Waals surface area contributed by atoms with Gasteiger partial charge in [-0.3, -0.25) is 9.80 Å². The maximum atomic E-state index is 4.09. The SMILES string of the molecule is C=C1CN(C)C2(C1)CN(C(C)C)C2. The van der Waals surface area contributed by atoms with Gasteiger partial charge in [0.05, 0.1) is 5.54 Å². The van der Waals surface area contributed by atoms with Crippen LogP contribution in [-0.4, -0.2) is 48.1 Å². The Morgan fingerprint density at radius 3 is 2.38 bits per heavy atom. The molecule has 2 fully saturated rings. The lowest BCUT2D eigenvalue weighted by Crippen LogP contribution is -2.68. The van der Waals surface area contributed by atoms with Crippen LogP contribution in [0.1, 0.15) is 20.3 Å². The Kier molecular flexibility index (Phi) is 2.00. The van der Waals surface area contributed by atoms with Crippen molar-refractivity contribution in [1.82, 2.24) is 9.80 Å². The molecule has 74 valence electrons.